The van der Waals surface area contributed by atoms with Crippen molar-refractivity contribution < 1.29 is 18.8 Å². The zero-order valence-electron chi connectivity index (χ0n) is 14.3. The number of nitro groups is 1. The van der Waals surface area contributed by atoms with E-state index in [1.165, 1.54) is 61.1 Å². The van der Waals surface area contributed by atoms with E-state index >= 15 is 0 Å². The third kappa shape index (κ3) is 4.73. The van der Waals surface area contributed by atoms with Crippen molar-refractivity contribution in [3.63, 3.8) is 0 Å². The highest BCUT2D eigenvalue weighted by atomic mass is 19.1. The standard InChI is InChI=1S/C19H13FN4O4/c20-15-4-6-16(7-5-15)28-18-8-3-13(10-17(18)24(26)27)11-22-23-19(25)14-2-1-9-21-12-14/h1-12H,(H,23,25)/b22-11+. The topological polar surface area (TPSA) is 107 Å². The Morgan fingerprint density at radius 1 is 1.21 bits per heavy atom. The number of nitrogens with one attached hydrogen (secondary N) is 1. The lowest BCUT2D eigenvalue weighted by molar-refractivity contribution is -0.385. The van der Waals surface area contributed by atoms with E-state index in [2.05, 4.69) is 15.5 Å². The molecule has 1 heterocycles. The maximum absolute atomic E-state index is 13.0. The Bertz CT molecular complexity index is 1020. The number of hydrogen-bond donors (Lipinski definition) is 1. The monoisotopic (exact) mass is 380 g/mol. The number of amides is 1. The molecule has 140 valence electrons. The largest absolute Gasteiger partial charge is 0.450 e. The fourth-order valence-corrected chi connectivity index (χ4v) is 2.20. The van der Waals surface area contributed by atoms with E-state index in [0.717, 1.165) is 0 Å². The molecule has 0 atom stereocenters. The van der Waals surface area contributed by atoms with Crippen molar-refractivity contribution in [1.29, 1.82) is 0 Å². The van der Waals surface area contributed by atoms with Gasteiger partial charge < -0.3 is 4.74 Å². The number of hydrazone groups is 1. The minimum Gasteiger partial charge on any atom is -0.450 e. The van der Waals surface area contributed by atoms with Gasteiger partial charge in [-0.25, -0.2) is 9.82 Å². The van der Waals surface area contributed by atoms with Crippen LogP contribution in [-0.4, -0.2) is 22.0 Å². The van der Waals surface area contributed by atoms with E-state index in [4.69, 9.17) is 4.74 Å². The van der Waals surface area contributed by atoms with E-state index in [1.807, 2.05) is 0 Å². The van der Waals surface area contributed by atoms with Crippen LogP contribution in [-0.2, 0) is 0 Å². The van der Waals surface area contributed by atoms with E-state index in [0.29, 0.717) is 11.1 Å². The molecule has 9 heteroatoms. The van der Waals surface area contributed by atoms with Gasteiger partial charge in [0.1, 0.15) is 11.6 Å². The molecular formula is C19H13FN4O4. The summed E-state index contributed by atoms with van der Waals surface area (Å²) in [6.45, 7) is 0. The summed E-state index contributed by atoms with van der Waals surface area (Å²) in [5.74, 6) is -0.653. The molecule has 1 amide bonds. The van der Waals surface area contributed by atoms with Gasteiger partial charge in [0, 0.05) is 24.0 Å². The molecule has 0 fully saturated rings. The zero-order chi connectivity index (χ0) is 19.9. The first-order valence-electron chi connectivity index (χ1n) is 7.98. The zero-order valence-corrected chi connectivity index (χ0v) is 14.3. The Kier molecular flexibility index (Phi) is 5.66. The average molecular weight is 380 g/mol. The first-order valence-corrected chi connectivity index (χ1v) is 7.98. The van der Waals surface area contributed by atoms with Gasteiger partial charge in [0.25, 0.3) is 5.91 Å². The first-order chi connectivity index (χ1) is 13.5. The number of halogens is 1. The van der Waals surface area contributed by atoms with E-state index < -0.39 is 16.6 Å². The summed E-state index contributed by atoms with van der Waals surface area (Å²) in [4.78, 5) is 26.4. The number of nitro benzene ring substituents is 1. The Morgan fingerprint density at radius 2 is 2.00 bits per heavy atom. The third-order valence-corrected chi connectivity index (χ3v) is 3.52. The second kappa shape index (κ2) is 8.49. The van der Waals surface area contributed by atoms with Crippen molar-refractivity contribution in [3.8, 4) is 11.5 Å². The average Bonchev–Trinajstić information content (AvgIpc) is 2.71. The van der Waals surface area contributed by atoms with Gasteiger partial charge in [-0.3, -0.25) is 19.9 Å². The van der Waals surface area contributed by atoms with Crippen molar-refractivity contribution >= 4 is 17.8 Å². The molecule has 28 heavy (non-hydrogen) atoms. The Labute approximate surface area is 158 Å². The molecule has 0 saturated heterocycles. The highest BCUT2D eigenvalue weighted by molar-refractivity contribution is 5.94. The molecular weight excluding hydrogens is 367 g/mol. The van der Waals surface area contributed by atoms with Gasteiger partial charge in [-0.1, -0.05) is 0 Å². The maximum Gasteiger partial charge on any atom is 0.312 e. The number of aromatic nitrogens is 1. The van der Waals surface area contributed by atoms with Gasteiger partial charge in [0.05, 0.1) is 16.7 Å². The lowest BCUT2D eigenvalue weighted by Crippen LogP contribution is -2.17. The number of carbonyl (C=O) groups excluding carboxylic acids is 1. The SMILES string of the molecule is O=C(N/N=C/c1ccc(Oc2ccc(F)cc2)c([N+](=O)[O-])c1)c1cccnc1. The predicted molar refractivity (Wildman–Crippen MR) is 98.9 cm³/mol. The molecule has 0 radical (unpaired) electrons. The van der Waals surface area contributed by atoms with Crippen molar-refractivity contribution in [2.45, 2.75) is 0 Å². The fraction of sp³-hybridized carbons (Fsp3) is 0. The molecule has 0 saturated carbocycles. The number of nitrogens with zero attached hydrogens (tertiary/aromatic N) is 3. The molecule has 8 nitrogen and oxygen atoms in total. The first kappa shape index (κ1) is 18.6. The van der Waals surface area contributed by atoms with Crippen molar-refractivity contribution in [2.24, 2.45) is 5.10 Å². The van der Waals surface area contributed by atoms with Crippen LogP contribution in [0.15, 0.2) is 72.1 Å². The van der Waals surface area contributed by atoms with Gasteiger partial charge in [-0.05, 0) is 48.5 Å². The molecule has 1 aromatic heterocycles. The summed E-state index contributed by atoms with van der Waals surface area (Å²) in [5, 5.41) is 15.1. The summed E-state index contributed by atoms with van der Waals surface area (Å²) in [6, 6.07) is 12.5. The summed E-state index contributed by atoms with van der Waals surface area (Å²) >= 11 is 0. The molecule has 3 aromatic rings. The van der Waals surface area contributed by atoms with E-state index in [-0.39, 0.29) is 17.2 Å². The Hall–Kier alpha value is -4.14. The van der Waals surface area contributed by atoms with Crippen molar-refractivity contribution in [1.82, 2.24) is 10.4 Å². The molecule has 0 spiro atoms. The van der Waals surface area contributed by atoms with Gasteiger partial charge in [-0.15, -0.1) is 0 Å². The van der Waals surface area contributed by atoms with Gasteiger partial charge in [0.2, 0.25) is 5.75 Å². The van der Waals surface area contributed by atoms with Crippen molar-refractivity contribution in [3.05, 3.63) is 94.0 Å². The maximum atomic E-state index is 13.0. The summed E-state index contributed by atoms with van der Waals surface area (Å²) in [5.41, 5.74) is 2.72. The van der Waals surface area contributed by atoms with Gasteiger partial charge in [0.15, 0.2) is 0 Å². The van der Waals surface area contributed by atoms with Crippen LogP contribution in [0.2, 0.25) is 0 Å². The van der Waals surface area contributed by atoms with Crippen LogP contribution >= 0.6 is 0 Å². The summed E-state index contributed by atoms with van der Waals surface area (Å²) < 4.78 is 18.4. The molecule has 0 aliphatic heterocycles. The second-order valence-corrected chi connectivity index (χ2v) is 5.48. The minimum atomic E-state index is -0.607. The molecule has 0 unspecified atom stereocenters. The highest BCUT2D eigenvalue weighted by Crippen LogP contribution is 2.31. The molecule has 3 rings (SSSR count). The Morgan fingerprint density at radius 3 is 2.68 bits per heavy atom. The van der Waals surface area contributed by atoms with Crippen molar-refractivity contribution in [2.75, 3.05) is 0 Å². The molecule has 0 aliphatic rings. The third-order valence-electron chi connectivity index (χ3n) is 3.52. The number of hydrogen-bond acceptors (Lipinski definition) is 6. The lowest BCUT2D eigenvalue weighted by atomic mass is 10.2. The number of benzene rings is 2. The number of carbonyl (C=O) groups is 1. The van der Waals surface area contributed by atoms with E-state index in [9.17, 15) is 19.3 Å². The summed E-state index contributed by atoms with van der Waals surface area (Å²) in [7, 11) is 0. The number of ether oxygens (including phenoxy) is 1. The quantitative estimate of drug-likeness (QED) is 0.399. The lowest BCUT2D eigenvalue weighted by Gasteiger charge is -2.07. The molecule has 0 aliphatic carbocycles. The van der Waals surface area contributed by atoms with Gasteiger partial charge >= 0.3 is 5.69 Å². The highest BCUT2D eigenvalue weighted by Gasteiger charge is 2.16. The minimum absolute atomic E-state index is 0.00634. The molecule has 0 bridgehead atoms. The van der Waals surface area contributed by atoms with Gasteiger partial charge in [-0.2, -0.15) is 5.10 Å². The molecule has 2 aromatic carbocycles. The van der Waals surface area contributed by atoms with Crippen LogP contribution in [0, 0.1) is 15.9 Å². The van der Waals surface area contributed by atoms with Crippen LogP contribution in [0.5, 0.6) is 11.5 Å². The predicted octanol–water partition coefficient (Wildman–Crippen LogP) is 3.69. The number of rotatable bonds is 6. The summed E-state index contributed by atoms with van der Waals surface area (Å²) in [6.07, 6.45) is 4.19. The normalized spacial score (nSPS) is 10.6. The second-order valence-electron chi connectivity index (χ2n) is 5.48. The number of pyridine rings is 1. The van der Waals surface area contributed by atoms with Crippen LogP contribution in [0.4, 0.5) is 10.1 Å². The molecule has 1 N–H and O–H groups in total. The van der Waals surface area contributed by atoms with Crippen LogP contribution in [0.1, 0.15) is 15.9 Å². The van der Waals surface area contributed by atoms with E-state index in [1.54, 1.807) is 12.1 Å². The smallest absolute Gasteiger partial charge is 0.312 e. The van der Waals surface area contributed by atoms with Crippen LogP contribution in [0.3, 0.4) is 0 Å². The van der Waals surface area contributed by atoms with Crippen LogP contribution < -0.4 is 10.2 Å². The fourth-order valence-electron chi connectivity index (χ4n) is 2.20. The van der Waals surface area contributed by atoms with Crippen LogP contribution in [0.25, 0.3) is 0 Å². The Balaban J connectivity index is 1.74.